The number of aromatic nitrogens is 1. The lowest BCUT2D eigenvalue weighted by Gasteiger charge is -2.13. The molecule has 0 saturated carbocycles. The number of hydrogen-bond acceptors (Lipinski definition) is 6. The maximum absolute atomic E-state index is 11.7. The first-order chi connectivity index (χ1) is 8.90. The lowest BCUT2D eigenvalue weighted by atomic mass is 10.2. The fraction of sp³-hybridized carbons (Fsp3) is 0.455. The van der Waals surface area contributed by atoms with Crippen molar-refractivity contribution >= 4 is 27.2 Å². The van der Waals surface area contributed by atoms with Gasteiger partial charge in [0.1, 0.15) is 5.82 Å². The summed E-state index contributed by atoms with van der Waals surface area (Å²) in [6.45, 7) is 0.244. The Morgan fingerprint density at radius 1 is 1.53 bits per heavy atom. The Hall–Kier alpha value is -1.83. The molecule has 0 bridgehead atoms. The Morgan fingerprint density at radius 3 is 2.84 bits per heavy atom. The number of sulfone groups is 1. The van der Waals surface area contributed by atoms with E-state index in [1.807, 2.05) is 0 Å². The van der Waals surface area contributed by atoms with Crippen molar-refractivity contribution in [2.75, 3.05) is 23.3 Å². The van der Waals surface area contributed by atoms with Crippen LogP contribution in [0.1, 0.15) is 23.2 Å². The number of hydrogen-bond donors (Lipinski definition) is 3. The van der Waals surface area contributed by atoms with E-state index in [9.17, 15) is 13.2 Å². The van der Waals surface area contributed by atoms with Crippen molar-refractivity contribution in [3.8, 4) is 0 Å². The Bertz CT molecular complexity index is 600. The third-order valence-corrected chi connectivity index (χ3v) is 5.45. The molecular weight excluding hydrogens is 268 g/mol. The summed E-state index contributed by atoms with van der Waals surface area (Å²) in [7, 11) is -3.02. The molecule has 1 aliphatic heterocycles. The van der Waals surface area contributed by atoms with E-state index in [4.69, 9.17) is 11.5 Å². The highest BCUT2D eigenvalue weighted by atomic mass is 32.2. The van der Waals surface area contributed by atoms with Crippen molar-refractivity contribution in [3.05, 3.63) is 17.8 Å². The fourth-order valence-corrected chi connectivity index (χ4v) is 3.89. The van der Waals surface area contributed by atoms with Crippen LogP contribution in [-0.4, -0.2) is 36.9 Å². The Morgan fingerprint density at radius 2 is 2.26 bits per heavy atom. The molecule has 0 radical (unpaired) electrons. The molecule has 1 aliphatic rings. The summed E-state index contributed by atoms with van der Waals surface area (Å²) in [6, 6.07) is 1.37. The van der Waals surface area contributed by atoms with Crippen molar-refractivity contribution in [2.24, 2.45) is 5.73 Å². The maximum atomic E-state index is 11.7. The van der Waals surface area contributed by atoms with Crippen molar-refractivity contribution in [3.63, 3.8) is 0 Å². The Balaban J connectivity index is 2.14. The van der Waals surface area contributed by atoms with Crippen LogP contribution in [0.4, 0.5) is 11.5 Å². The molecule has 1 saturated heterocycles. The summed E-state index contributed by atoms with van der Waals surface area (Å²) in [6.07, 6.45) is 2.69. The molecule has 2 heterocycles. The Labute approximate surface area is 111 Å². The van der Waals surface area contributed by atoms with Crippen molar-refractivity contribution in [1.29, 1.82) is 0 Å². The van der Waals surface area contributed by atoms with Gasteiger partial charge in [-0.1, -0.05) is 0 Å². The molecule has 1 fully saturated rings. The first-order valence-electron chi connectivity index (χ1n) is 5.91. The summed E-state index contributed by atoms with van der Waals surface area (Å²) in [5.41, 5.74) is 11.3. The number of nitrogens with zero attached hydrogens (tertiary/aromatic N) is 1. The number of carbonyl (C=O) groups excluding carboxylic acids is 1. The largest absolute Gasteiger partial charge is 0.384 e. The summed E-state index contributed by atoms with van der Waals surface area (Å²) < 4.78 is 23.4. The van der Waals surface area contributed by atoms with Gasteiger partial charge in [-0.2, -0.15) is 0 Å². The molecular formula is C11H16N4O3S. The van der Waals surface area contributed by atoms with Gasteiger partial charge in [-0.15, -0.1) is 0 Å². The van der Waals surface area contributed by atoms with E-state index < -0.39 is 21.0 Å². The zero-order valence-corrected chi connectivity index (χ0v) is 11.1. The van der Waals surface area contributed by atoms with Gasteiger partial charge in [0.2, 0.25) is 0 Å². The van der Waals surface area contributed by atoms with Crippen molar-refractivity contribution in [2.45, 2.75) is 18.1 Å². The minimum Gasteiger partial charge on any atom is -0.384 e. The van der Waals surface area contributed by atoms with E-state index in [0.717, 1.165) is 0 Å². The highest BCUT2D eigenvalue weighted by molar-refractivity contribution is 7.92. The zero-order valence-electron chi connectivity index (χ0n) is 10.3. The van der Waals surface area contributed by atoms with Crippen LogP contribution in [0, 0.1) is 0 Å². The number of anilines is 2. The monoisotopic (exact) mass is 284 g/mol. The number of rotatable bonds is 4. The lowest BCUT2D eigenvalue weighted by molar-refractivity contribution is 0.100. The highest BCUT2D eigenvalue weighted by Gasteiger charge is 2.31. The summed E-state index contributed by atoms with van der Waals surface area (Å²) in [5, 5.41) is 2.50. The van der Waals surface area contributed by atoms with Crippen LogP contribution in [-0.2, 0) is 9.84 Å². The fourth-order valence-electron chi connectivity index (χ4n) is 2.13. The van der Waals surface area contributed by atoms with Crippen molar-refractivity contribution < 1.29 is 13.2 Å². The van der Waals surface area contributed by atoms with Gasteiger partial charge in [0.15, 0.2) is 9.84 Å². The average molecular weight is 284 g/mol. The van der Waals surface area contributed by atoms with Gasteiger partial charge >= 0.3 is 0 Å². The predicted molar refractivity (Wildman–Crippen MR) is 72.5 cm³/mol. The average Bonchev–Trinajstić information content (AvgIpc) is 2.66. The summed E-state index contributed by atoms with van der Waals surface area (Å²) in [4.78, 5) is 15.1. The number of amides is 1. The summed E-state index contributed by atoms with van der Waals surface area (Å²) >= 11 is 0. The topological polar surface area (TPSA) is 128 Å². The third kappa shape index (κ3) is 2.95. The second-order valence-corrected chi connectivity index (χ2v) is 6.93. The minimum absolute atomic E-state index is 0.188. The first kappa shape index (κ1) is 13.6. The van der Waals surface area contributed by atoms with E-state index in [-0.39, 0.29) is 23.7 Å². The molecule has 104 valence electrons. The van der Waals surface area contributed by atoms with Gasteiger partial charge < -0.3 is 16.8 Å². The molecule has 1 aromatic heterocycles. The van der Waals surface area contributed by atoms with Crippen LogP contribution in [0.2, 0.25) is 0 Å². The smallest absolute Gasteiger partial charge is 0.250 e. The molecule has 0 aromatic carbocycles. The molecule has 7 nitrogen and oxygen atoms in total. The van der Waals surface area contributed by atoms with Gasteiger partial charge in [0.25, 0.3) is 5.91 Å². The van der Waals surface area contributed by atoms with E-state index in [1.54, 1.807) is 0 Å². The van der Waals surface area contributed by atoms with E-state index in [1.165, 1.54) is 12.3 Å². The SMILES string of the molecule is NC(=O)c1cc(N)ncc1NCC1CCCS1(=O)=O. The van der Waals surface area contributed by atoms with Crippen LogP contribution in [0.25, 0.3) is 0 Å². The Kier molecular flexibility index (Phi) is 3.61. The van der Waals surface area contributed by atoms with Gasteiger partial charge in [0, 0.05) is 6.54 Å². The normalized spacial score (nSPS) is 21.2. The molecule has 0 spiro atoms. The number of nitrogens with two attached hydrogens (primary N) is 2. The second-order valence-electron chi connectivity index (χ2n) is 4.53. The number of nitrogen functional groups attached to an aromatic ring is 1. The summed E-state index contributed by atoms with van der Waals surface area (Å²) in [5.74, 6) is -0.221. The quantitative estimate of drug-likeness (QED) is 0.699. The molecule has 1 amide bonds. The minimum atomic E-state index is -3.02. The van der Waals surface area contributed by atoms with E-state index in [0.29, 0.717) is 18.5 Å². The van der Waals surface area contributed by atoms with Crippen LogP contribution < -0.4 is 16.8 Å². The van der Waals surface area contributed by atoms with Gasteiger partial charge in [-0.3, -0.25) is 4.79 Å². The van der Waals surface area contributed by atoms with E-state index in [2.05, 4.69) is 10.3 Å². The van der Waals surface area contributed by atoms with Crippen LogP contribution >= 0.6 is 0 Å². The van der Waals surface area contributed by atoms with Crippen LogP contribution in [0.5, 0.6) is 0 Å². The van der Waals surface area contributed by atoms with Crippen LogP contribution in [0.3, 0.4) is 0 Å². The molecule has 19 heavy (non-hydrogen) atoms. The predicted octanol–water partition coefficient (Wildman–Crippen LogP) is -0.248. The van der Waals surface area contributed by atoms with Gasteiger partial charge in [0.05, 0.1) is 28.5 Å². The molecule has 5 N–H and O–H groups in total. The number of primary amides is 1. The number of pyridine rings is 1. The standard InChI is InChI=1S/C11H16N4O3S/c12-10-4-8(11(13)16)9(6-15-10)14-5-7-2-1-3-19(7,17)18/h4,6-7,14H,1-3,5H2,(H2,12,15)(H2,13,16). The van der Waals surface area contributed by atoms with E-state index >= 15 is 0 Å². The molecule has 0 aliphatic carbocycles. The number of nitrogens with one attached hydrogen (secondary N) is 1. The molecule has 1 aromatic rings. The van der Waals surface area contributed by atoms with Crippen molar-refractivity contribution in [1.82, 2.24) is 4.98 Å². The van der Waals surface area contributed by atoms with Crippen LogP contribution in [0.15, 0.2) is 12.3 Å². The first-order valence-corrected chi connectivity index (χ1v) is 7.62. The third-order valence-electron chi connectivity index (χ3n) is 3.17. The molecule has 8 heteroatoms. The lowest BCUT2D eigenvalue weighted by Crippen LogP contribution is -2.26. The zero-order chi connectivity index (χ0) is 14.0. The second kappa shape index (κ2) is 5.04. The molecule has 1 atom stereocenters. The van der Waals surface area contributed by atoms with Gasteiger partial charge in [-0.25, -0.2) is 13.4 Å². The highest BCUT2D eigenvalue weighted by Crippen LogP contribution is 2.22. The molecule has 1 unspecified atom stereocenters. The van der Waals surface area contributed by atoms with Gasteiger partial charge in [-0.05, 0) is 18.9 Å². The molecule has 2 rings (SSSR count). The maximum Gasteiger partial charge on any atom is 0.250 e. The number of carbonyl (C=O) groups is 1.